The molecule has 1 atom stereocenters. The number of hydrogen-bond donors (Lipinski definition) is 0. The number of ether oxygens (including phenoxy) is 2. The highest BCUT2D eigenvalue weighted by atomic mass is 16.6. The lowest BCUT2D eigenvalue weighted by molar-refractivity contribution is -0.131. The maximum absolute atomic E-state index is 11.1. The first-order valence-corrected chi connectivity index (χ1v) is 3.54. The molecule has 0 aromatic rings. The minimum absolute atomic E-state index is 0.0257. The van der Waals surface area contributed by atoms with Crippen molar-refractivity contribution >= 4 is 5.78 Å². The third-order valence-electron chi connectivity index (χ3n) is 1.67. The van der Waals surface area contributed by atoms with Crippen molar-refractivity contribution in [1.82, 2.24) is 0 Å². The third-order valence-corrected chi connectivity index (χ3v) is 1.67. The second-order valence-electron chi connectivity index (χ2n) is 2.43. The highest BCUT2D eigenvalue weighted by Gasteiger charge is 2.27. The van der Waals surface area contributed by atoms with Gasteiger partial charge in [0.05, 0.1) is 6.61 Å². The first-order valence-electron chi connectivity index (χ1n) is 3.54. The quantitative estimate of drug-likeness (QED) is 0.504. The van der Waals surface area contributed by atoms with Crippen LogP contribution in [0.4, 0.5) is 0 Å². The lowest BCUT2D eigenvalue weighted by Gasteiger charge is -2.25. The summed E-state index contributed by atoms with van der Waals surface area (Å²) in [6.45, 7) is 1.05. The number of allylic oxidation sites excluding steroid dienone is 2. The molecule has 0 N–H and O–H groups in total. The summed E-state index contributed by atoms with van der Waals surface area (Å²) in [7, 11) is 0. The van der Waals surface area contributed by atoms with Gasteiger partial charge in [0.25, 0.3) is 0 Å². The number of rotatable bonds is 0. The molecule has 3 heteroatoms. The lowest BCUT2D eigenvalue weighted by atomic mass is 10.1. The second kappa shape index (κ2) is 2.51. The molecule has 0 aromatic heterocycles. The van der Waals surface area contributed by atoms with Gasteiger partial charge >= 0.3 is 0 Å². The van der Waals surface area contributed by atoms with Crippen molar-refractivity contribution < 1.29 is 14.3 Å². The molecule has 11 heavy (non-hydrogen) atoms. The van der Waals surface area contributed by atoms with E-state index in [0.29, 0.717) is 19.0 Å². The molecule has 1 unspecified atom stereocenters. The number of hydrogen-bond acceptors (Lipinski definition) is 3. The van der Waals surface area contributed by atoms with Crippen LogP contribution in [0.5, 0.6) is 0 Å². The molecule has 0 bridgehead atoms. The summed E-state index contributed by atoms with van der Waals surface area (Å²) in [5.41, 5.74) is 0. The van der Waals surface area contributed by atoms with Gasteiger partial charge in [-0.3, -0.25) is 4.79 Å². The van der Waals surface area contributed by atoms with E-state index in [2.05, 4.69) is 0 Å². The lowest BCUT2D eigenvalue weighted by Crippen LogP contribution is -2.33. The zero-order valence-corrected chi connectivity index (χ0v) is 5.95. The zero-order valence-electron chi connectivity index (χ0n) is 5.95. The van der Waals surface area contributed by atoms with E-state index in [-0.39, 0.29) is 5.78 Å². The maximum Gasteiger partial charge on any atom is 0.192 e. The first-order chi connectivity index (χ1) is 5.38. The molecule has 3 nitrogen and oxygen atoms in total. The fourth-order valence-corrected chi connectivity index (χ4v) is 1.17. The van der Waals surface area contributed by atoms with Crippen LogP contribution in [0, 0.1) is 0 Å². The van der Waals surface area contributed by atoms with Gasteiger partial charge in [0.2, 0.25) is 0 Å². The van der Waals surface area contributed by atoms with Gasteiger partial charge in [0, 0.05) is 0 Å². The van der Waals surface area contributed by atoms with Crippen LogP contribution in [-0.4, -0.2) is 25.1 Å². The Morgan fingerprint density at radius 1 is 1.45 bits per heavy atom. The van der Waals surface area contributed by atoms with Crippen LogP contribution >= 0.6 is 0 Å². The van der Waals surface area contributed by atoms with Gasteiger partial charge in [-0.2, -0.15) is 0 Å². The SMILES string of the molecule is O=C1C=CC=C2OCCOC12. The van der Waals surface area contributed by atoms with Crippen LogP contribution in [0.2, 0.25) is 0 Å². The summed E-state index contributed by atoms with van der Waals surface area (Å²) < 4.78 is 10.4. The van der Waals surface area contributed by atoms with Crippen LogP contribution in [0.1, 0.15) is 0 Å². The van der Waals surface area contributed by atoms with Crippen LogP contribution in [0.3, 0.4) is 0 Å². The normalized spacial score (nSPS) is 28.9. The molecule has 1 heterocycles. The van der Waals surface area contributed by atoms with Crippen molar-refractivity contribution in [2.45, 2.75) is 6.10 Å². The highest BCUT2D eigenvalue weighted by Crippen LogP contribution is 2.18. The molecule has 0 aromatic carbocycles. The summed E-state index contributed by atoms with van der Waals surface area (Å²) in [5, 5.41) is 0. The van der Waals surface area contributed by atoms with E-state index in [1.54, 1.807) is 12.2 Å². The molecule has 1 fully saturated rings. The Kier molecular flexibility index (Phi) is 1.51. The van der Waals surface area contributed by atoms with Crippen molar-refractivity contribution in [1.29, 1.82) is 0 Å². The van der Waals surface area contributed by atoms with Crippen molar-refractivity contribution in [3.63, 3.8) is 0 Å². The van der Waals surface area contributed by atoms with Crippen LogP contribution in [-0.2, 0) is 14.3 Å². The van der Waals surface area contributed by atoms with E-state index in [1.165, 1.54) is 6.08 Å². The second-order valence-corrected chi connectivity index (χ2v) is 2.43. The van der Waals surface area contributed by atoms with E-state index in [1.807, 2.05) is 0 Å². The molecule has 2 rings (SSSR count). The maximum atomic E-state index is 11.1. The van der Waals surface area contributed by atoms with Crippen LogP contribution in [0.15, 0.2) is 24.0 Å². The zero-order chi connectivity index (χ0) is 7.68. The fourth-order valence-electron chi connectivity index (χ4n) is 1.17. The number of carbonyl (C=O) groups is 1. The Bertz CT molecular complexity index is 240. The molecule has 0 saturated carbocycles. The summed E-state index contributed by atoms with van der Waals surface area (Å²) in [5.74, 6) is 0.617. The van der Waals surface area contributed by atoms with E-state index in [9.17, 15) is 4.79 Å². The Labute approximate surface area is 64.3 Å². The van der Waals surface area contributed by atoms with Gasteiger partial charge in [0.15, 0.2) is 11.9 Å². The average Bonchev–Trinajstić information content (AvgIpc) is 2.06. The molecule has 0 amide bonds. The predicted octanol–water partition coefficient (Wildman–Crippen LogP) is 0.425. The summed E-state index contributed by atoms with van der Waals surface area (Å²) in [4.78, 5) is 11.1. The average molecular weight is 152 g/mol. The Morgan fingerprint density at radius 2 is 2.36 bits per heavy atom. The van der Waals surface area contributed by atoms with Crippen molar-refractivity contribution in [3.05, 3.63) is 24.0 Å². The predicted molar refractivity (Wildman–Crippen MR) is 37.9 cm³/mol. The molecule has 1 saturated heterocycles. The van der Waals surface area contributed by atoms with Gasteiger partial charge in [-0.05, 0) is 12.2 Å². The molecular weight excluding hydrogens is 144 g/mol. The molecule has 0 radical (unpaired) electrons. The van der Waals surface area contributed by atoms with Gasteiger partial charge in [0.1, 0.15) is 12.4 Å². The summed E-state index contributed by atoms with van der Waals surface area (Å²) in [6, 6.07) is 0. The smallest absolute Gasteiger partial charge is 0.192 e. The Hall–Kier alpha value is -1.09. The van der Waals surface area contributed by atoms with E-state index in [4.69, 9.17) is 9.47 Å². The Balaban J connectivity index is 2.25. The minimum atomic E-state index is -0.464. The third kappa shape index (κ3) is 1.07. The summed E-state index contributed by atoms with van der Waals surface area (Å²) >= 11 is 0. The topological polar surface area (TPSA) is 35.5 Å². The van der Waals surface area contributed by atoms with E-state index >= 15 is 0 Å². The largest absolute Gasteiger partial charge is 0.492 e. The van der Waals surface area contributed by atoms with Gasteiger partial charge in [-0.15, -0.1) is 0 Å². The number of ketones is 1. The van der Waals surface area contributed by atoms with Crippen molar-refractivity contribution in [3.8, 4) is 0 Å². The first kappa shape index (κ1) is 6.61. The summed E-state index contributed by atoms with van der Waals surface area (Å²) in [6.07, 6.45) is 4.49. The Morgan fingerprint density at radius 3 is 3.18 bits per heavy atom. The monoisotopic (exact) mass is 152 g/mol. The highest BCUT2D eigenvalue weighted by molar-refractivity contribution is 5.97. The molecule has 1 aliphatic heterocycles. The number of carbonyl (C=O) groups excluding carboxylic acids is 1. The molecule has 2 aliphatic rings. The van der Waals surface area contributed by atoms with E-state index < -0.39 is 6.10 Å². The molecule has 0 spiro atoms. The van der Waals surface area contributed by atoms with Crippen molar-refractivity contribution in [2.75, 3.05) is 13.2 Å². The standard InChI is InChI=1S/C8H8O3/c9-6-2-1-3-7-8(6)11-5-4-10-7/h1-3,8H,4-5H2. The molecule has 1 aliphatic carbocycles. The van der Waals surface area contributed by atoms with Crippen LogP contribution < -0.4 is 0 Å². The number of fused-ring (bicyclic) bond motifs is 1. The van der Waals surface area contributed by atoms with Gasteiger partial charge in [-0.25, -0.2) is 0 Å². The van der Waals surface area contributed by atoms with Crippen molar-refractivity contribution in [2.24, 2.45) is 0 Å². The van der Waals surface area contributed by atoms with Gasteiger partial charge < -0.3 is 9.47 Å². The van der Waals surface area contributed by atoms with Gasteiger partial charge in [-0.1, -0.05) is 6.08 Å². The minimum Gasteiger partial charge on any atom is -0.492 e. The van der Waals surface area contributed by atoms with E-state index in [0.717, 1.165) is 0 Å². The molecular formula is C8H8O3. The van der Waals surface area contributed by atoms with Crippen LogP contribution in [0.25, 0.3) is 0 Å². The molecule has 58 valence electrons. The fraction of sp³-hybridized carbons (Fsp3) is 0.375.